The smallest absolute Gasteiger partial charge is 0.307 e. The molecular weight excluding hydrogens is 348 g/mol. The molecule has 1 atom stereocenters. The molecule has 0 bridgehead atoms. The number of likely N-dealkylation sites (tertiary alicyclic amines) is 1. The maximum absolute atomic E-state index is 11.3. The fourth-order valence-electron chi connectivity index (χ4n) is 4.51. The Hall–Kier alpha value is -2.59. The predicted molar refractivity (Wildman–Crippen MR) is 115 cm³/mol. The number of allylic oxidation sites excluding steroid dienone is 1. The van der Waals surface area contributed by atoms with Crippen LogP contribution in [0.4, 0.5) is 11.4 Å². The van der Waals surface area contributed by atoms with Gasteiger partial charge in [0.15, 0.2) is 0 Å². The van der Waals surface area contributed by atoms with Crippen molar-refractivity contribution in [1.29, 1.82) is 0 Å². The van der Waals surface area contributed by atoms with Gasteiger partial charge in [0.05, 0.1) is 5.92 Å². The highest BCUT2D eigenvalue weighted by Gasteiger charge is 2.25. The summed E-state index contributed by atoms with van der Waals surface area (Å²) in [6.07, 6.45) is 6.16. The van der Waals surface area contributed by atoms with E-state index in [0.29, 0.717) is 6.54 Å². The zero-order valence-corrected chi connectivity index (χ0v) is 16.5. The summed E-state index contributed by atoms with van der Waals surface area (Å²) in [6, 6.07) is 17.1. The fraction of sp³-hybridized carbons (Fsp3) is 0.375. The van der Waals surface area contributed by atoms with Gasteiger partial charge in [-0.1, -0.05) is 36.4 Å². The molecule has 0 radical (unpaired) electrons. The Kier molecular flexibility index (Phi) is 5.49. The lowest BCUT2D eigenvalue weighted by Gasteiger charge is -2.30. The second-order valence-electron chi connectivity index (χ2n) is 7.89. The predicted octanol–water partition coefficient (Wildman–Crippen LogP) is 4.89. The maximum Gasteiger partial charge on any atom is 0.307 e. The first-order valence-corrected chi connectivity index (χ1v) is 10.2. The van der Waals surface area contributed by atoms with Gasteiger partial charge in [-0.2, -0.15) is 0 Å². The van der Waals surface area contributed by atoms with Gasteiger partial charge in [-0.25, -0.2) is 0 Å². The number of carboxylic acids is 1. The summed E-state index contributed by atoms with van der Waals surface area (Å²) < 4.78 is 0. The SMILES string of the molecule is CN1c2ccccc2C=C(CCCN2CCC[C@@H](C(=O)O)C2)c2ccccc21. The number of carbonyl (C=O) groups is 1. The number of nitrogens with zero attached hydrogens (tertiary/aromatic N) is 2. The fourth-order valence-corrected chi connectivity index (χ4v) is 4.51. The Balaban J connectivity index is 1.51. The molecule has 1 fully saturated rings. The van der Waals surface area contributed by atoms with Gasteiger partial charge in [0.25, 0.3) is 0 Å². The van der Waals surface area contributed by atoms with E-state index in [9.17, 15) is 9.90 Å². The van der Waals surface area contributed by atoms with Crippen molar-refractivity contribution in [3.8, 4) is 0 Å². The number of aliphatic carboxylic acids is 1. The van der Waals surface area contributed by atoms with Gasteiger partial charge in [-0.15, -0.1) is 0 Å². The highest BCUT2D eigenvalue weighted by Crippen LogP contribution is 2.40. The molecule has 2 aromatic carbocycles. The number of para-hydroxylation sites is 2. The minimum Gasteiger partial charge on any atom is -0.481 e. The van der Waals surface area contributed by atoms with E-state index >= 15 is 0 Å². The number of anilines is 2. The van der Waals surface area contributed by atoms with Crippen LogP contribution in [0.3, 0.4) is 0 Å². The Bertz CT molecular complexity index is 890. The van der Waals surface area contributed by atoms with Crippen LogP contribution < -0.4 is 4.90 Å². The Morgan fingerprint density at radius 2 is 1.86 bits per heavy atom. The molecule has 0 saturated carbocycles. The molecular formula is C24H28N2O2. The van der Waals surface area contributed by atoms with Crippen molar-refractivity contribution in [1.82, 2.24) is 4.90 Å². The van der Waals surface area contributed by atoms with Crippen molar-refractivity contribution in [2.24, 2.45) is 5.92 Å². The number of fused-ring (bicyclic) bond motifs is 2. The van der Waals surface area contributed by atoms with Gasteiger partial charge in [-0.3, -0.25) is 4.79 Å². The molecule has 4 heteroatoms. The van der Waals surface area contributed by atoms with Crippen molar-refractivity contribution < 1.29 is 9.90 Å². The lowest BCUT2D eigenvalue weighted by molar-refractivity contribution is -0.143. The highest BCUT2D eigenvalue weighted by molar-refractivity contribution is 5.94. The highest BCUT2D eigenvalue weighted by atomic mass is 16.4. The second kappa shape index (κ2) is 8.19. The Morgan fingerprint density at radius 1 is 1.11 bits per heavy atom. The van der Waals surface area contributed by atoms with Gasteiger partial charge in [0.1, 0.15) is 0 Å². The van der Waals surface area contributed by atoms with E-state index in [1.165, 1.54) is 28.1 Å². The summed E-state index contributed by atoms with van der Waals surface area (Å²) in [6.45, 7) is 2.67. The van der Waals surface area contributed by atoms with Crippen LogP contribution in [0, 0.1) is 5.92 Å². The van der Waals surface area contributed by atoms with Crippen molar-refractivity contribution in [2.75, 3.05) is 31.6 Å². The van der Waals surface area contributed by atoms with Crippen LogP contribution in [0.15, 0.2) is 48.5 Å². The third kappa shape index (κ3) is 3.83. The van der Waals surface area contributed by atoms with Crippen LogP contribution in [0.25, 0.3) is 11.6 Å². The van der Waals surface area contributed by atoms with Crippen LogP contribution in [0.5, 0.6) is 0 Å². The molecule has 2 aliphatic heterocycles. The lowest BCUT2D eigenvalue weighted by atomic mass is 9.96. The lowest BCUT2D eigenvalue weighted by Crippen LogP contribution is -2.39. The largest absolute Gasteiger partial charge is 0.481 e. The molecule has 1 saturated heterocycles. The van der Waals surface area contributed by atoms with Gasteiger partial charge in [0, 0.05) is 30.5 Å². The first-order chi connectivity index (χ1) is 13.6. The Morgan fingerprint density at radius 3 is 2.68 bits per heavy atom. The summed E-state index contributed by atoms with van der Waals surface area (Å²) in [5.41, 5.74) is 6.37. The summed E-state index contributed by atoms with van der Waals surface area (Å²) in [5, 5.41) is 9.30. The van der Waals surface area contributed by atoms with E-state index < -0.39 is 5.97 Å². The average molecular weight is 376 g/mol. The number of hydrogen-bond donors (Lipinski definition) is 1. The normalized spacial score (nSPS) is 19.4. The van der Waals surface area contributed by atoms with E-state index in [1.54, 1.807) is 0 Å². The number of rotatable bonds is 5. The van der Waals surface area contributed by atoms with Crippen LogP contribution in [0.1, 0.15) is 36.8 Å². The number of benzene rings is 2. The molecule has 4 nitrogen and oxygen atoms in total. The van der Waals surface area contributed by atoms with Crippen molar-refractivity contribution in [2.45, 2.75) is 25.7 Å². The van der Waals surface area contributed by atoms with Gasteiger partial charge in [-0.05, 0) is 68.1 Å². The maximum atomic E-state index is 11.3. The van der Waals surface area contributed by atoms with Gasteiger partial charge < -0.3 is 14.9 Å². The number of piperidine rings is 1. The van der Waals surface area contributed by atoms with Gasteiger partial charge in [0.2, 0.25) is 0 Å². The van der Waals surface area contributed by atoms with Gasteiger partial charge >= 0.3 is 5.97 Å². The second-order valence-corrected chi connectivity index (χ2v) is 7.89. The van der Waals surface area contributed by atoms with Crippen molar-refractivity contribution >= 4 is 29.0 Å². The summed E-state index contributed by atoms with van der Waals surface area (Å²) in [4.78, 5) is 15.9. The molecule has 0 spiro atoms. The molecule has 0 unspecified atom stereocenters. The summed E-state index contributed by atoms with van der Waals surface area (Å²) >= 11 is 0. The van der Waals surface area contributed by atoms with Crippen LogP contribution >= 0.6 is 0 Å². The molecule has 28 heavy (non-hydrogen) atoms. The molecule has 2 heterocycles. The van der Waals surface area contributed by atoms with Crippen LogP contribution in [-0.2, 0) is 4.79 Å². The summed E-state index contributed by atoms with van der Waals surface area (Å²) in [7, 11) is 2.13. The molecule has 1 N–H and O–H groups in total. The molecule has 4 rings (SSSR count). The van der Waals surface area contributed by atoms with E-state index in [4.69, 9.17) is 0 Å². The minimum absolute atomic E-state index is 0.202. The molecule has 2 aromatic rings. The molecule has 2 aliphatic rings. The standard InChI is InChI=1S/C24H28N2O2/c1-25-22-12-4-2-8-19(22)16-18(21-11-3-5-13-23(21)25)9-6-14-26-15-7-10-20(17-26)24(27)28/h2-5,8,11-13,16,20H,6-7,9-10,14-15,17H2,1H3,(H,27,28)/t20-/m1/s1. The zero-order valence-electron chi connectivity index (χ0n) is 16.5. The van der Waals surface area contributed by atoms with E-state index in [1.807, 2.05) is 0 Å². The Labute approximate surface area is 167 Å². The number of hydrogen-bond acceptors (Lipinski definition) is 3. The molecule has 0 aliphatic carbocycles. The molecule has 0 amide bonds. The van der Waals surface area contributed by atoms with E-state index in [0.717, 1.165) is 38.8 Å². The van der Waals surface area contributed by atoms with E-state index in [-0.39, 0.29) is 5.92 Å². The third-order valence-corrected chi connectivity index (χ3v) is 6.01. The van der Waals surface area contributed by atoms with E-state index in [2.05, 4.69) is 71.5 Å². The van der Waals surface area contributed by atoms with Crippen molar-refractivity contribution in [3.63, 3.8) is 0 Å². The monoisotopic (exact) mass is 376 g/mol. The molecule has 146 valence electrons. The summed E-state index contributed by atoms with van der Waals surface area (Å²) in [5.74, 6) is -0.850. The quantitative estimate of drug-likeness (QED) is 0.807. The number of carboxylic acid groups (broad SMARTS) is 1. The first kappa shape index (κ1) is 18.8. The topological polar surface area (TPSA) is 43.8 Å². The van der Waals surface area contributed by atoms with Crippen LogP contribution in [-0.4, -0.2) is 42.7 Å². The van der Waals surface area contributed by atoms with Crippen molar-refractivity contribution in [3.05, 3.63) is 59.7 Å². The minimum atomic E-state index is -0.648. The third-order valence-electron chi connectivity index (χ3n) is 6.01. The average Bonchev–Trinajstić information content (AvgIpc) is 2.84. The molecule has 0 aromatic heterocycles. The first-order valence-electron chi connectivity index (χ1n) is 10.2. The zero-order chi connectivity index (χ0) is 19.5. The van der Waals surface area contributed by atoms with Crippen LogP contribution in [0.2, 0.25) is 0 Å².